The predicted octanol–water partition coefficient (Wildman–Crippen LogP) is 1.88. The van der Waals surface area contributed by atoms with Gasteiger partial charge in [-0.1, -0.05) is 30.3 Å². The van der Waals surface area contributed by atoms with E-state index in [4.69, 9.17) is 0 Å². The van der Waals surface area contributed by atoms with Crippen molar-refractivity contribution in [2.24, 2.45) is 5.92 Å². The summed E-state index contributed by atoms with van der Waals surface area (Å²) in [5.41, 5.74) is 2.00. The molecule has 0 unspecified atom stereocenters. The molecule has 23 heavy (non-hydrogen) atoms. The van der Waals surface area contributed by atoms with Gasteiger partial charge in [0.15, 0.2) is 0 Å². The minimum atomic E-state index is -0.351. The number of aromatic nitrogens is 2. The molecule has 5 nitrogen and oxygen atoms in total. The standard InChI is InChI=1S/C18H21N3O2/c22-17-8-9-21(18(23)7-6-16-11-19-13-20-16)12-15(17)10-14-4-2-1-3-5-14/h1-7,11,13,15,17,22H,8-10,12H2,(H,19,20)/b7-6+/t15-,17+/m1/s1. The zero-order valence-electron chi connectivity index (χ0n) is 12.9. The summed E-state index contributed by atoms with van der Waals surface area (Å²) in [6.07, 6.45) is 7.60. The van der Waals surface area contributed by atoms with Gasteiger partial charge in [0.1, 0.15) is 0 Å². The third kappa shape index (κ3) is 4.07. The maximum absolute atomic E-state index is 12.3. The van der Waals surface area contributed by atoms with Crippen LogP contribution in [0.15, 0.2) is 48.9 Å². The number of aliphatic hydroxyl groups excluding tert-OH is 1. The number of H-pyrrole nitrogens is 1. The molecule has 0 aliphatic carbocycles. The molecule has 1 amide bonds. The molecule has 1 fully saturated rings. The summed E-state index contributed by atoms with van der Waals surface area (Å²) in [6.45, 7) is 1.18. The van der Waals surface area contributed by atoms with E-state index >= 15 is 0 Å². The molecule has 1 saturated heterocycles. The maximum atomic E-state index is 12.3. The van der Waals surface area contributed by atoms with Gasteiger partial charge in [0.05, 0.1) is 24.3 Å². The SMILES string of the molecule is O=C(/C=C/c1cnc[nH]1)N1CC[C@H](O)[C@H](Cc2ccccc2)C1. The van der Waals surface area contributed by atoms with Crippen molar-refractivity contribution < 1.29 is 9.90 Å². The van der Waals surface area contributed by atoms with Crippen LogP contribution in [-0.4, -0.2) is 45.1 Å². The normalized spacial score (nSPS) is 21.7. The second-order valence-corrected chi connectivity index (χ2v) is 5.93. The molecular formula is C18H21N3O2. The number of rotatable bonds is 4. The topological polar surface area (TPSA) is 69.2 Å². The lowest BCUT2D eigenvalue weighted by Crippen LogP contribution is -2.46. The second-order valence-electron chi connectivity index (χ2n) is 5.93. The van der Waals surface area contributed by atoms with E-state index in [1.165, 1.54) is 5.56 Å². The highest BCUT2D eigenvalue weighted by molar-refractivity contribution is 5.91. The fraction of sp³-hybridized carbons (Fsp3) is 0.333. The zero-order valence-corrected chi connectivity index (χ0v) is 12.9. The number of aliphatic hydroxyl groups is 1. The van der Waals surface area contributed by atoms with Crippen LogP contribution in [0.2, 0.25) is 0 Å². The summed E-state index contributed by atoms with van der Waals surface area (Å²) >= 11 is 0. The lowest BCUT2D eigenvalue weighted by atomic mass is 9.88. The van der Waals surface area contributed by atoms with Gasteiger partial charge in [0.2, 0.25) is 5.91 Å². The highest BCUT2D eigenvalue weighted by Gasteiger charge is 2.29. The third-order valence-electron chi connectivity index (χ3n) is 4.27. The van der Waals surface area contributed by atoms with Crippen molar-refractivity contribution in [1.82, 2.24) is 14.9 Å². The molecule has 2 N–H and O–H groups in total. The van der Waals surface area contributed by atoms with Crippen LogP contribution in [0.25, 0.3) is 6.08 Å². The van der Waals surface area contributed by atoms with Gasteiger partial charge < -0.3 is 15.0 Å². The number of likely N-dealkylation sites (tertiary alicyclic amines) is 1. The van der Waals surface area contributed by atoms with E-state index in [-0.39, 0.29) is 17.9 Å². The molecule has 5 heteroatoms. The van der Waals surface area contributed by atoms with E-state index in [0.29, 0.717) is 19.5 Å². The van der Waals surface area contributed by atoms with Crippen LogP contribution in [0.4, 0.5) is 0 Å². The largest absolute Gasteiger partial charge is 0.393 e. The molecule has 120 valence electrons. The van der Waals surface area contributed by atoms with Crippen LogP contribution < -0.4 is 0 Å². The third-order valence-corrected chi connectivity index (χ3v) is 4.27. The van der Waals surface area contributed by atoms with Crippen molar-refractivity contribution in [2.45, 2.75) is 18.9 Å². The number of imidazole rings is 1. The molecule has 0 spiro atoms. The average Bonchev–Trinajstić information content (AvgIpc) is 3.09. The molecule has 0 saturated carbocycles. The van der Waals surface area contributed by atoms with Crippen LogP contribution in [0.3, 0.4) is 0 Å². The number of hydrogen-bond donors (Lipinski definition) is 2. The van der Waals surface area contributed by atoms with Crippen LogP contribution >= 0.6 is 0 Å². The summed E-state index contributed by atoms with van der Waals surface area (Å²) in [5.74, 6) is 0.0558. The Kier molecular flexibility index (Phi) is 4.88. The van der Waals surface area contributed by atoms with Crippen molar-refractivity contribution in [3.05, 3.63) is 60.2 Å². The summed E-state index contributed by atoms with van der Waals surface area (Å²) in [4.78, 5) is 21.0. The van der Waals surface area contributed by atoms with Crippen molar-refractivity contribution >= 4 is 12.0 Å². The molecule has 2 heterocycles. The number of benzene rings is 1. The maximum Gasteiger partial charge on any atom is 0.246 e. The Hall–Kier alpha value is -2.40. The minimum absolute atomic E-state index is 0.0236. The van der Waals surface area contributed by atoms with Crippen LogP contribution in [0.5, 0.6) is 0 Å². The van der Waals surface area contributed by atoms with Crippen LogP contribution in [0, 0.1) is 5.92 Å². The first-order chi connectivity index (χ1) is 11.2. The van der Waals surface area contributed by atoms with Gasteiger partial charge >= 0.3 is 0 Å². The van der Waals surface area contributed by atoms with Gasteiger partial charge in [-0.25, -0.2) is 4.98 Å². The number of carbonyl (C=O) groups is 1. The van der Waals surface area contributed by atoms with Crippen LogP contribution in [-0.2, 0) is 11.2 Å². The number of carbonyl (C=O) groups excluding carboxylic acids is 1. The van der Waals surface area contributed by atoms with E-state index in [1.807, 2.05) is 23.1 Å². The van der Waals surface area contributed by atoms with Gasteiger partial charge in [-0.15, -0.1) is 0 Å². The Morgan fingerprint density at radius 2 is 2.22 bits per heavy atom. The Balaban J connectivity index is 1.61. The molecule has 1 aromatic carbocycles. The fourth-order valence-electron chi connectivity index (χ4n) is 2.96. The van der Waals surface area contributed by atoms with E-state index < -0.39 is 0 Å². The predicted molar refractivity (Wildman–Crippen MR) is 88.5 cm³/mol. The Bertz CT molecular complexity index is 652. The van der Waals surface area contributed by atoms with Crippen molar-refractivity contribution in [3.63, 3.8) is 0 Å². The van der Waals surface area contributed by atoms with Gasteiger partial charge in [-0.2, -0.15) is 0 Å². The van der Waals surface area contributed by atoms with Gasteiger partial charge in [-0.3, -0.25) is 4.79 Å². The second kappa shape index (κ2) is 7.24. The van der Waals surface area contributed by atoms with E-state index in [2.05, 4.69) is 22.1 Å². The number of nitrogens with one attached hydrogen (secondary N) is 1. The van der Waals surface area contributed by atoms with Crippen molar-refractivity contribution in [1.29, 1.82) is 0 Å². The molecule has 2 atom stereocenters. The zero-order chi connectivity index (χ0) is 16.1. The number of hydrogen-bond acceptors (Lipinski definition) is 3. The molecule has 1 aromatic heterocycles. The number of aromatic amines is 1. The van der Waals surface area contributed by atoms with E-state index in [1.54, 1.807) is 24.7 Å². The lowest BCUT2D eigenvalue weighted by Gasteiger charge is -2.35. The highest BCUT2D eigenvalue weighted by Crippen LogP contribution is 2.22. The van der Waals surface area contributed by atoms with E-state index in [0.717, 1.165) is 12.1 Å². The smallest absolute Gasteiger partial charge is 0.246 e. The van der Waals surface area contributed by atoms with Gasteiger partial charge in [0.25, 0.3) is 0 Å². The first-order valence-electron chi connectivity index (χ1n) is 7.90. The number of amides is 1. The van der Waals surface area contributed by atoms with Crippen molar-refractivity contribution in [3.8, 4) is 0 Å². The first-order valence-corrected chi connectivity index (χ1v) is 7.90. The Labute approximate surface area is 135 Å². The summed E-state index contributed by atoms with van der Waals surface area (Å²) < 4.78 is 0. The molecule has 2 aromatic rings. The summed E-state index contributed by atoms with van der Waals surface area (Å²) in [5, 5.41) is 10.2. The molecule has 0 radical (unpaired) electrons. The quantitative estimate of drug-likeness (QED) is 0.847. The molecule has 1 aliphatic heterocycles. The lowest BCUT2D eigenvalue weighted by molar-refractivity contribution is -0.129. The monoisotopic (exact) mass is 311 g/mol. The number of piperidine rings is 1. The van der Waals surface area contributed by atoms with Crippen molar-refractivity contribution in [2.75, 3.05) is 13.1 Å². The Morgan fingerprint density at radius 3 is 2.96 bits per heavy atom. The fourth-order valence-corrected chi connectivity index (χ4v) is 2.96. The molecule has 3 rings (SSSR count). The van der Waals surface area contributed by atoms with Crippen LogP contribution in [0.1, 0.15) is 17.7 Å². The first kappa shape index (κ1) is 15.5. The highest BCUT2D eigenvalue weighted by atomic mass is 16.3. The average molecular weight is 311 g/mol. The Morgan fingerprint density at radius 1 is 1.39 bits per heavy atom. The minimum Gasteiger partial charge on any atom is -0.393 e. The summed E-state index contributed by atoms with van der Waals surface area (Å²) in [7, 11) is 0. The van der Waals surface area contributed by atoms with Gasteiger partial charge in [0, 0.05) is 25.1 Å². The molecule has 1 aliphatic rings. The van der Waals surface area contributed by atoms with E-state index in [9.17, 15) is 9.90 Å². The summed E-state index contributed by atoms with van der Waals surface area (Å²) in [6, 6.07) is 10.1. The molecule has 0 bridgehead atoms. The number of nitrogens with zero attached hydrogens (tertiary/aromatic N) is 2. The molecular weight excluding hydrogens is 290 g/mol. The van der Waals surface area contributed by atoms with Gasteiger partial charge in [-0.05, 0) is 24.5 Å².